The smallest absolute Gasteiger partial charge is 0.264 e. The molecule has 1 aliphatic heterocycles. The summed E-state index contributed by atoms with van der Waals surface area (Å²) in [5.41, 5.74) is 1.88. The van der Waals surface area contributed by atoms with Crippen molar-refractivity contribution in [3.8, 4) is 0 Å². The first-order valence-corrected chi connectivity index (χ1v) is 8.43. The minimum Gasteiger partial charge on any atom is -0.268 e. The molecule has 4 rings (SSSR count). The third kappa shape index (κ3) is 2.65. The summed E-state index contributed by atoms with van der Waals surface area (Å²) in [7, 11) is 0. The number of amides is 1. The monoisotopic (exact) mass is 347 g/mol. The van der Waals surface area contributed by atoms with E-state index in [1.54, 1.807) is 11.1 Å². The molecule has 0 N–H and O–H groups in total. The first-order valence-electron chi connectivity index (χ1n) is 8.43. The molecule has 2 heterocycles. The molecule has 26 heavy (non-hydrogen) atoms. The predicted molar refractivity (Wildman–Crippen MR) is 101 cm³/mol. The zero-order valence-electron chi connectivity index (χ0n) is 14.8. The molecule has 0 saturated heterocycles. The number of hydrogen-bond acceptors (Lipinski definition) is 3. The van der Waals surface area contributed by atoms with Crippen LogP contribution in [0, 0.1) is 5.82 Å². The molecule has 1 aliphatic rings. The number of carbonyl (C=O) groups excluding carboxylic acids is 1. The SMILES string of the molecule is CC(C)(C)N=C1c2cc(F)ccc2C(=O)N1c1cccc2cccnc12. The van der Waals surface area contributed by atoms with Crippen molar-refractivity contribution in [2.24, 2.45) is 4.99 Å². The van der Waals surface area contributed by atoms with Crippen LogP contribution >= 0.6 is 0 Å². The molecule has 0 aliphatic carbocycles. The number of fused-ring (bicyclic) bond motifs is 2. The lowest BCUT2D eigenvalue weighted by Crippen LogP contribution is -2.32. The van der Waals surface area contributed by atoms with E-state index in [9.17, 15) is 9.18 Å². The second-order valence-electron chi connectivity index (χ2n) is 7.29. The van der Waals surface area contributed by atoms with E-state index in [2.05, 4.69) is 4.98 Å². The summed E-state index contributed by atoms with van der Waals surface area (Å²) >= 11 is 0. The molecular formula is C21H18FN3O. The van der Waals surface area contributed by atoms with Crippen LogP contribution in [0.4, 0.5) is 10.1 Å². The van der Waals surface area contributed by atoms with E-state index in [-0.39, 0.29) is 5.91 Å². The van der Waals surface area contributed by atoms with Crippen LogP contribution in [-0.2, 0) is 0 Å². The second kappa shape index (κ2) is 5.73. The summed E-state index contributed by atoms with van der Waals surface area (Å²) in [6.07, 6.45) is 1.69. The highest BCUT2D eigenvalue weighted by Crippen LogP contribution is 2.34. The van der Waals surface area contributed by atoms with E-state index in [1.807, 2.05) is 51.1 Å². The Morgan fingerprint density at radius 2 is 1.81 bits per heavy atom. The van der Waals surface area contributed by atoms with E-state index in [4.69, 9.17) is 4.99 Å². The van der Waals surface area contributed by atoms with Gasteiger partial charge in [0.1, 0.15) is 11.7 Å². The van der Waals surface area contributed by atoms with Gasteiger partial charge in [0.25, 0.3) is 5.91 Å². The van der Waals surface area contributed by atoms with Gasteiger partial charge in [-0.25, -0.2) is 4.39 Å². The van der Waals surface area contributed by atoms with E-state index >= 15 is 0 Å². The molecule has 0 spiro atoms. The van der Waals surface area contributed by atoms with Crippen LogP contribution in [0.25, 0.3) is 10.9 Å². The van der Waals surface area contributed by atoms with E-state index in [1.165, 1.54) is 18.2 Å². The fourth-order valence-corrected chi connectivity index (χ4v) is 3.15. The van der Waals surface area contributed by atoms with Crippen LogP contribution in [-0.4, -0.2) is 22.3 Å². The highest BCUT2D eigenvalue weighted by molar-refractivity contribution is 6.37. The topological polar surface area (TPSA) is 45.6 Å². The molecular weight excluding hydrogens is 329 g/mol. The van der Waals surface area contributed by atoms with Gasteiger partial charge in [0.15, 0.2) is 0 Å². The molecule has 2 aromatic carbocycles. The predicted octanol–water partition coefficient (Wildman–Crippen LogP) is 4.58. The normalized spacial score (nSPS) is 15.8. The maximum absolute atomic E-state index is 13.9. The number of para-hydroxylation sites is 1. The Bertz CT molecular complexity index is 1060. The number of halogens is 1. The van der Waals surface area contributed by atoms with Crippen molar-refractivity contribution < 1.29 is 9.18 Å². The number of amidine groups is 1. The minimum absolute atomic E-state index is 0.221. The summed E-state index contributed by atoms with van der Waals surface area (Å²) in [4.78, 5) is 23.9. The molecule has 0 unspecified atom stereocenters. The molecule has 0 bridgehead atoms. The van der Waals surface area contributed by atoms with Gasteiger partial charge in [-0.15, -0.1) is 0 Å². The number of hydrogen-bond donors (Lipinski definition) is 0. The molecule has 0 fully saturated rings. The van der Waals surface area contributed by atoms with E-state index in [0.717, 1.165) is 5.39 Å². The Kier molecular flexibility index (Phi) is 3.61. The molecule has 0 atom stereocenters. The van der Waals surface area contributed by atoms with Crippen LogP contribution in [0.2, 0.25) is 0 Å². The fraction of sp³-hybridized carbons (Fsp3) is 0.190. The number of aliphatic imine (C=N–C) groups is 1. The van der Waals surface area contributed by atoms with Gasteiger partial charge in [0.2, 0.25) is 0 Å². The number of rotatable bonds is 1. The van der Waals surface area contributed by atoms with Crippen molar-refractivity contribution in [3.05, 3.63) is 71.7 Å². The molecule has 0 radical (unpaired) electrons. The molecule has 0 saturated carbocycles. The lowest BCUT2D eigenvalue weighted by molar-refractivity contribution is 0.101. The molecule has 3 aromatic rings. The van der Waals surface area contributed by atoms with Crippen LogP contribution in [0.1, 0.15) is 36.7 Å². The molecule has 1 aromatic heterocycles. The van der Waals surface area contributed by atoms with Crippen LogP contribution in [0.3, 0.4) is 0 Å². The van der Waals surface area contributed by atoms with Gasteiger partial charge in [-0.05, 0) is 51.1 Å². The average Bonchev–Trinajstić information content (AvgIpc) is 2.84. The first-order chi connectivity index (χ1) is 12.3. The summed E-state index contributed by atoms with van der Waals surface area (Å²) in [5, 5.41) is 0.926. The molecule has 5 heteroatoms. The number of anilines is 1. The van der Waals surface area contributed by atoms with Crippen molar-refractivity contribution in [2.45, 2.75) is 26.3 Å². The van der Waals surface area contributed by atoms with Crippen LogP contribution < -0.4 is 4.90 Å². The summed E-state index contributed by atoms with van der Waals surface area (Å²) in [6, 6.07) is 13.7. The van der Waals surface area contributed by atoms with Gasteiger partial charge >= 0.3 is 0 Å². The summed E-state index contributed by atoms with van der Waals surface area (Å²) in [5.74, 6) is -0.160. The van der Waals surface area contributed by atoms with Crippen molar-refractivity contribution in [1.82, 2.24) is 4.98 Å². The Morgan fingerprint density at radius 3 is 2.58 bits per heavy atom. The van der Waals surface area contributed by atoms with Crippen molar-refractivity contribution >= 4 is 28.3 Å². The number of benzene rings is 2. The summed E-state index contributed by atoms with van der Waals surface area (Å²) < 4.78 is 13.9. The number of aromatic nitrogens is 1. The molecule has 130 valence electrons. The van der Waals surface area contributed by atoms with Crippen molar-refractivity contribution in [1.29, 1.82) is 0 Å². The zero-order valence-corrected chi connectivity index (χ0v) is 14.8. The van der Waals surface area contributed by atoms with Gasteiger partial charge in [0.05, 0.1) is 22.3 Å². The van der Waals surface area contributed by atoms with E-state index in [0.29, 0.717) is 28.2 Å². The first kappa shape index (κ1) is 16.4. The molecule has 4 nitrogen and oxygen atoms in total. The number of carbonyl (C=O) groups is 1. The Hall–Kier alpha value is -3.08. The van der Waals surface area contributed by atoms with Gasteiger partial charge in [-0.1, -0.05) is 18.2 Å². The Morgan fingerprint density at radius 1 is 1.04 bits per heavy atom. The molecule has 1 amide bonds. The lowest BCUT2D eigenvalue weighted by atomic mass is 10.1. The van der Waals surface area contributed by atoms with Gasteiger partial charge in [0, 0.05) is 17.1 Å². The fourth-order valence-electron chi connectivity index (χ4n) is 3.15. The third-order valence-corrected chi connectivity index (χ3v) is 4.16. The van der Waals surface area contributed by atoms with Gasteiger partial charge < -0.3 is 0 Å². The lowest BCUT2D eigenvalue weighted by Gasteiger charge is -2.22. The van der Waals surface area contributed by atoms with Crippen molar-refractivity contribution in [3.63, 3.8) is 0 Å². The van der Waals surface area contributed by atoms with Gasteiger partial charge in [-0.3, -0.25) is 19.7 Å². The number of pyridine rings is 1. The maximum Gasteiger partial charge on any atom is 0.264 e. The highest BCUT2D eigenvalue weighted by Gasteiger charge is 2.37. The third-order valence-electron chi connectivity index (χ3n) is 4.16. The standard InChI is InChI=1S/C21H18FN3O/c1-21(2,3)24-19-16-12-14(22)9-10-15(16)20(26)25(19)17-8-4-6-13-7-5-11-23-18(13)17/h4-12H,1-3H3. The largest absolute Gasteiger partial charge is 0.268 e. The van der Waals surface area contributed by atoms with Crippen LogP contribution in [0.5, 0.6) is 0 Å². The number of nitrogens with zero attached hydrogens (tertiary/aromatic N) is 3. The maximum atomic E-state index is 13.9. The van der Waals surface area contributed by atoms with Gasteiger partial charge in [-0.2, -0.15) is 0 Å². The van der Waals surface area contributed by atoms with E-state index < -0.39 is 11.4 Å². The Balaban J connectivity index is 2.00. The Labute approximate surface area is 151 Å². The quantitative estimate of drug-likeness (QED) is 0.647. The zero-order chi connectivity index (χ0) is 18.5. The minimum atomic E-state index is -0.431. The van der Waals surface area contributed by atoms with Crippen molar-refractivity contribution in [2.75, 3.05) is 4.90 Å². The van der Waals surface area contributed by atoms with Crippen LogP contribution in [0.15, 0.2) is 59.7 Å². The second-order valence-corrected chi connectivity index (χ2v) is 7.29. The summed E-state index contributed by atoms with van der Waals surface area (Å²) in [6.45, 7) is 5.84. The highest BCUT2D eigenvalue weighted by atomic mass is 19.1. The average molecular weight is 347 g/mol.